The number of aliphatic carboxylic acids is 1. The summed E-state index contributed by atoms with van der Waals surface area (Å²) in [4.78, 5) is 33.9. The molecule has 0 bridgehead atoms. The number of carbonyl (C=O) groups is 2. The van der Waals surface area contributed by atoms with E-state index in [0.29, 0.717) is 0 Å². The van der Waals surface area contributed by atoms with Crippen LogP contribution in [0.1, 0.15) is 10.4 Å². The summed E-state index contributed by atoms with van der Waals surface area (Å²) in [6.45, 7) is -0.147. The van der Waals surface area contributed by atoms with Crippen molar-refractivity contribution in [1.29, 1.82) is 0 Å². The summed E-state index contributed by atoms with van der Waals surface area (Å²) in [7, 11) is 2.88. The minimum atomic E-state index is -1.20. The van der Waals surface area contributed by atoms with Gasteiger partial charge >= 0.3 is 5.97 Å². The third-order valence-corrected chi connectivity index (χ3v) is 2.30. The van der Waals surface area contributed by atoms with Gasteiger partial charge in [0.15, 0.2) is 6.04 Å². The van der Waals surface area contributed by atoms with Crippen molar-refractivity contribution in [1.82, 2.24) is 9.88 Å². The second-order valence-corrected chi connectivity index (χ2v) is 3.68. The SMILES string of the molecule is COCC(NC(=O)c1ccn(C)c(=O)c1)C(=O)O. The van der Waals surface area contributed by atoms with Crippen molar-refractivity contribution >= 4 is 11.9 Å². The fourth-order valence-electron chi connectivity index (χ4n) is 1.27. The number of hydrogen-bond donors (Lipinski definition) is 2. The summed E-state index contributed by atoms with van der Waals surface area (Å²) in [6.07, 6.45) is 1.43. The molecule has 1 aromatic rings. The Morgan fingerprint density at radius 2 is 2.22 bits per heavy atom. The summed E-state index contributed by atoms with van der Waals surface area (Å²) in [5.74, 6) is -1.83. The summed E-state index contributed by atoms with van der Waals surface area (Å²) < 4.78 is 5.99. The number of ether oxygens (including phenoxy) is 1. The topological polar surface area (TPSA) is 97.6 Å². The van der Waals surface area contributed by atoms with E-state index in [2.05, 4.69) is 10.1 Å². The van der Waals surface area contributed by atoms with Crippen LogP contribution < -0.4 is 10.9 Å². The Morgan fingerprint density at radius 1 is 1.56 bits per heavy atom. The van der Waals surface area contributed by atoms with E-state index in [1.165, 1.54) is 23.9 Å². The largest absolute Gasteiger partial charge is 0.480 e. The summed E-state index contributed by atoms with van der Waals surface area (Å²) in [6, 6.07) is 1.43. The van der Waals surface area contributed by atoms with Crippen LogP contribution in [-0.4, -0.2) is 41.3 Å². The summed E-state index contributed by atoms with van der Waals surface area (Å²) in [5, 5.41) is 11.1. The number of hydrogen-bond acceptors (Lipinski definition) is 4. The van der Waals surface area contributed by atoms with E-state index in [1.807, 2.05) is 0 Å². The fraction of sp³-hybridized carbons (Fsp3) is 0.364. The maximum absolute atomic E-state index is 11.7. The van der Waals surface area contributed by atoms with Gasteiger partial charge in [-0.1, -0.05) is 0 Å². The van der Waals surface area contributed by atoms with E-state index in [4.69, 9.17) is 5.11 Å². The highest BCUT2D eigenvalue weighted by Gasteiger charge is 2.20. The second kappa shape index (κ2) is 5.97. The van der Waals surface area contributed by atoms with Gasteiger partial charge in [-0.05, 0) is 6.07 Å². The molecule has 0 spiro atoms. The van der Waals surface area contributed by atoms with E-state index in [0.717, 1.165) is 6.07 Å². The van der Waals surface area contributed by atoms with Crippen molar-refractivity contribution in [2.45, 2.75) is 6.04 Å². The number of carboxylic acids is 1. The van der Waals surface area contributed by atoms with Gasteiger partial charge in [-0.15, -0.1) is 0 Å². The Kier molecular flexibility index (Phi) is 4.61. The standard InChI is InChI=1S/C11H14N2O5/c1-13-4-3-7(5-9(13)14)10(15)12-8(6-18-2)11(16)17/h3-5,8H,6H2,1-2H3,(H,12,15)(H,16,17). The quantitative estimate of drug-likeness (QED) is 0.718. The molecule has 1 amide bonds. The van der Waals surface area contributed by atoms with E-state index in [1.54, 1.807) is 7.05 Å². The van der Waals surface area contributed by atoms with Crippen molar-refractivity contribution in [3.05, 3.63) is 34.2 Å². The summed E-state index contributed by atoms with van der Waals surface area (Å²) in [5.41, 5.74) is -0.235. The minimum Gasteiger partial charge on any atom is -0.480 e. The molecular formula is C11H14N2O5. The molecule has 1 unspecified atom stereocenters. The average molecular weight is 254 g/mol. The third kappa shape index (κ3) is 3.42. The molecule has 0 saturated heterocycles. The zero-order chi connectivity index (χ0) is 13.7. The summed E-state index contributed by atoms with van der Waals surface area (Å²) >= 11 is 0. The molecule has 1 atom stereocenters. The van der Waals surface area contributed by atoms with Crippen LogP contribution in [0.25, 0.3) is 0 Å². The first-order chi connectivity index (χ1) is 8.45. The van der Waals surface area contributed by atoms with E-state index in [-0.39, 0.29) is 17.7 Å². The number of pyridine rings is 1. The smallest absolute Gasteiger partial charge is 0.328 e. The average Bonchev–Trinajstić information content (AvgIpc) is 2.31. The van der Waals surface area contributed by atoms with Gasteiger partial charge < -0.3 is 19.7 Å². The van der Waals surface area contributed by atoms with Gasteiger partial charge in [-0.25, -0.2) is 4.79 Å². The molecule has 7 heteroatoms. The van der Waals surface area contributed by atoms with Crippen molar-refractivity contribution in [3.63, 3.8) is 0 Å². The number of aromatic nitrogens is 1. The van der Waals surface area contributed by atoms with E-state index in [9.17, 15) is 14.4 Å². The van der Waals surface area contributed by atoms with Crippen LogP contribution in [0, 0.1) is 0 Å². The van der Waals surface area contributed by atoms with Crippen molar-refractivity contribution < 1.29 is 19.4 Å². The van der Waals surface area contributed by atoms with Gasteiger partial charge in [0.2, 0.25) is 0 Å². The molecule has 0 saturated carbocycles. The van der Waals surface area contributed by atoms with Gasteiger partial charge in [-0.3, -0.25) is 9.59 Å². The van der Waals surface area contributed by atoms with Crippen LogP contribution in [0.15, 0.2) is 23.1 Å². The maximum Gasteiger partial charge on any atom is 0.328 e. The van der Waals surface area contributed by atoms with Crippen LogP contribution >= 0.6 is 0 Å². The Hall–Kier alpha value is -2.15. The van der Waals surface area contributed by atoms with Crippen LogP contribution in [-0.2, 0) is 16.6 Å². The molecule has 1 aromatic heterocycles. The van der Waals surface area contributed by atoms with Gasteiger partial charge in [-0.2, -0.15) is 0 Å². The molecule has 2 N–H and O–H groups in total. The fourth-order valence-corrected chi connectivity index (χ4v) is 1.27. The number of amides is 1. The first-order valence-electron chi connectivity index (χ1n) is 5.15. The zero-order valence-corrected chi connectivity index (χ0v) is 10.0. The number of carboxylic acid groups (broad SMARTS) is 1. The molecule has 7 nitrogen and oxygen atoms in total. The van der Waals surface area contributed by atoms with Crippen molar-refractivity contribution in [2.75, 3.05) is 13.7 Å². The predicted octanol–water partition coefficient (Wildman–Crippen LogP) is -0.785. The number of rotatable bonds is 5. The van der Waals surface area contributed by atoms with Crippen molar-refractivity contribution in [3.8, 4) is 0 Å². The molecule has 18 heavy (non-hydrogen) atoms. The van der Waals surface area contributed by atoms with Crippen LogP contribution in [0.3, 0.4) is 0 Å². The predicted molar refractivity (Wildman–Crippen MR) is 62.4 cm³/mol. The molecule has 0 aliphatic heterocycles. The van der Waals surface area contributed by atoms with E-state index < -0.39 is 17.9 Å². The van der Waals surface area contributed by atoms with Crippen LogP contribution in [0.4, 0.5) is 0 Å². The monoisotopic (exact) mass is 254 g/mol. The molecule has 0 fully saturated rings. The Balaban J connectivity index is 2.83. The second-order valence-electron chi connectivity index (χ2n) is 3.68. The number of nitrogens with one attached hydrogen (secondary N) is 1. The Morgan fingerprint density at radius 3 is 2.72 bits per heavy atom. The maximum atomic E-state index is 11.7. The van der Waals surface area contributed by atoms with Crippen molar-refractivity contribution in [2.24, 2.45) is 7.05 Å². The number of nitrogens with zero attached hydrogens (tertiary/aromatic N) is 1. The molecule has 0 radical (unpaired) electrons. The van der Waals surface area contributed by atoms with Crippen LogP contribution in [0.5, 0.6) is 0 Å². The van der Waals surface area contributed by atoms with Gasteiger partial charge in [0, 0.05) is 32.0 Å². The Bertz CT molecular complexity index is 508. The molecule has 98 valence electrons. The number of methoxy groups -OCH3 is 1. The zero-order valence-electron chi connectivity index (χ0n) is 10.0. The lowest BCUT2D eigenvalue weighted by molar-refractivity contribution is -0.140. The van der Waals surface area contributed by atoms with Gasteiger partial charge in [0.25, 0.3) is 11.5 Å². The first kappa shape index (κ1) is 13.9. The molecule has 0 aliphatic rings. The molecular weight excluding hydrogens is 240 g/mol. The normalized spacial score (nSPS) is 11.9. The minimum absolute atomic E-state index is 0.112. The van der Waals surface area contributed by atoms with E-state index >= 15 is 0 Å². The Labute approximate surface area is 103 Å². The molecule has 1 rings (SSSR count). The third-order valence-electron chi connectivity index (χ3n) is 2.30. The molecule has 0 aromatic carbocycles. The lowest BCUT2D eigenvalue weighted by Crippen LogP contribution is -2.44. The number of carbonyl (C=O) groups excluding carboxylic acids is 1. The highest BCUT2D eigenvalue weighted by atomic mass is 16.5. The molecule has 0 aliphatic carbocycles. The lowest BCUT2D eigenvalue weighted by Gasteiger charge is -2.13. The highest BCUT2D eigenvalue weighted by Crippen LogP contribution is 1.96. The molecule has 1 heterocycles. The number of aryl methyl sites for hydroxylation is 1. The lowest BCUT2D eigenvalue weighted by atomic mass is 10.2. The van der Waals surface area contributed by atoms with Gasteiger partial charge in [0.05, 0.1) is 6.61 Å². The van der Waals surface area contributed by atoms with Gasteiger partial charge in [0.1, 0.15) is 0 Å². The first-order valence-corrected chi connectivity index (χ1v) is 5.15. The van der Waals surface area contributed by atoms with Crippen LogP contribution in [0.2, 0.25) is 0 Å². The highest BCUT2D eigenvalue weighted by molar-refractivity contribution is 5.96.